The van der Waals surface area contributed by atoms with Gasteiger partial charge in [-0.3, -0.25) is 0 Å². The molecule has 0 aromatic heterocycles. The van der Waals surface area contributed by atoms with Crippen LogP contribution in [-0.4, -0.2) is 38.9 Å². The van der Waals surface area contributed by atoms with E-state index in [1.807, 2.05) is 17.0 Å². The largest absolute Gasteiger partial charge is 0.367 e. The Kier molecular flexibility index (Phi) is 4.80. The van der Waals surface area contributed by atoms with Crippen LogP contribution in [0.3, 0.4) is 0 Å². The van der Waals surface area contributed by atoms with Crippen LogP contribution in [0.1, 0.15) is 28.7 Å². The highest BCUT2D eigenvalue weighted by Gasteiger charge is 2.30. The maximum atomic E-state index is 13.1. The molecular weight excluding hydrogens is 372 g/mol. The molecule has 0 unspecified atom stereocenters. The fourth-order valence-corrected chi connectivity index (χ4v) is 5.55. The molecule has 0 N–H and O–H groups in total. The lowest BCUT2D eigenvalue weighted by Crippen LogP contribution is -2.49. The van der Waals surface area contributed by atoms with Crippen molar-refractivity contribution in [2.75, 3.05) is 31.1 Å². The minimum absolute atomic E-state index is 0.323. The van der Waals surface area contributed by atoms with E-state index in [1.165, 1.54) is 9.87 Å². The second-order valence-electron chi connectivity index (χ2n) is 7.10. The molecule has 7 heteroatoms. The van der Waals surface area contributed by atoms with Crippen molar-refractivity contribution in [2.45, 2.75) is 24.2 Å². The van der Waals surface area contributed by atoms with Crippen LogP contribution in [0.2, 0.25) is 0 Å². The molecule has 0 radical (unpaired) electrons. The third-order valence-corrected chi connectivity index (χ3v) is 7.43. The molecule has 0 saturated carbocycles. The van der Waals surface area contributed by atoms with Crippen LogP contribution < -0.4 is 4.90 Å². The Morgan fingerprint density at radius 2 is 1.50 bits per heavy atom. The van der Waals surface area contributed by atoms with Crippen LogP contribution in [0, 0.1) is 22.7 Å². The van der Waals surface area contributed by atoms with Crippen molar-refractivity contribution in [1.29, 1.82) is 10.5 Å². The van der Waals surface area contributed by atoms with E-state index in [4.69, 9.17) is 0 Å². The van der Waals surface area contributed by atoms with Gasteiger partial charge < -0.3 is 4.90 Å². The lowest BCUT2D eigenvalue weighted by Gasteiger charge is -2.36. The predicted molar refractivity (Wildman–Crippen MR) is 105 cm³/mol. The maximum absolute atomic E-state index is 13.1. The van der Waals surface area contributed by atoms with E-state index in [2.05, 4.69) is 12.1 Å². The lowest BCUT2D eigenvalue weighted by molar-refractivity contribution is 0.384. The number of rotatable bonds is 3. The molecule has 1 fully saturated rings. The Morgan fingerprint density at radius 3 is 2.14 bits per heavy atom. The topological polar surface area (TPSA) is 88.2 Å². The lowest BCUT2D eigenvalue weighted by atomic mass is 10.1. The summed E-state index contributed by atoms with van der Waals surface area (Å²) in [5.41, 5.74) is 3.87. The Morgan fingerprint density at radius 1 is 0.857 bits per heavy atom. The van der Waals surface area contributed by atoms with Crippen molar-refractivity contribution in [3.8, 4) is 12.1 Å². The number of piperazine rings is 1. The molecule has 0 atom stereocenters. The minimum Gasteiger partial charge on any atom is -0.367 e. The number of para-hydroxylation sites is 1. The van der Waals surface area contributed by atoms with E-state index < -0.39 is 10.0 Å². The summed E-state index contributed by atoms with van der Waals surface area (Å²) in [6.45, 7) is 1.53. The quantitative estimate of drug-likeness (QED) is 0.800. The number of fused-ring (bicyclic) bond motifs is 1. The second-order valence-corrected chi connectivity index (χ2v) is 9.04. The predicted octanol–water partition coefficient (Wildman–Crippen LogP) is 2.43. The van der Waals surface area contributed by atoms with Gasteiger partial charge in [-0.25, -0.2) is 8.42 Å². The number of nitriles is 2. The minimum atomic E-state index is -3.54. The van der Waals surface area contributed by atoms with Gasteiger partial charge in [0.1, 0.15) is 12.1 Å². The van der Waals surface area contributed by atoms with Crippen molar-refractivity contribution in [3.05, 3.63) is 58.7 Å². The van der Waals surface area contributed by atoms with E-state index in [-0.39, 0.29) is 0 Å². The summed E-state index contributed by atoms with van der Waals surface area (Å²) < 4.78 is 27.7. The third kappa shape index (κ3) is 3.13. The van der Waals surface area contributed by atoms with Gasteiger partial charge in [0.15, 0.2) is 0 Å². The number of hydrogen-bond acceptors (Lipinski definition) is 5. The van der Waals surface area contributed by atoms with Gasteiger partial charge in [0, 0.05) is 26.2 Å². The van der Waals surface area contributed by atoms with Gasteiger partial charge in [0.05, 0.1) is 21.7 Å². The molecule has 4 rings (SSSR count). The van der Waals surface area contributed by atoms with Gasteiger partial charge in [-0.15, -0.1) is 0 Å². The first kappa shape index (κ1) is 18.5. The van der Waals surface area contributed by atoms with Gasteiger partial charge in [-0.1, -0.05) is 12.1 Å². The van der Waals surface area contributed by atoms with Gasteiger partial charge in [-0.2, -0.15) is 14.8 Å². The average Bonchev–Trinajstić information content (AvgIpc) is 3.21. The van der Waals surface area contributed by atoms with Crippen molar-refractivity contribution in [1.82, 2.24) is 4.31 Å². The molecular formula is C21H20N4O2S. The zero-order chi connectivity index (χ0) is 19.7. The van der Waals surface area contributed by atoms with Crippen LogP contribution in [-0.2, 0) is 22.9 Å². The van der Waals surface area contributed by atoms with Crippen LogP contribution in [0.5, 0.6) is 0 Å². The summed E-state index contributed by atoms with van der Waals surface area (Å²) in [6.07, 6.45) is 3.04. The number of anilines is 1. The zero-order valence-corrected chi connectivity index (χ0v) is 16.2. The standard InChI is InChI=1S/C21H20N4O2S/c22-14-18-5-2-6-19(15-23)21(18)24-9-11-25(12-10-24)28(26,27)20-8-7-16-3-1-4-17(16)13-20/h2,5-8,13H,1,3-4,9-12H2. The van der Waals surface area contributed by atoms with Gasteiger partial charge >= 0.3 is 0 Å². The highest BCUT2D eigenvalue weighted by Crippen LogP contribution is 2.29. The van der Waals surface area contributed by atoms with E-state index in [9.17, 15) is 18.9 Å². The molecule has 2 aliphatic rings. The smallest absolute Gasteiger partial charge is 0.243 e. The van der Waals surface area contributed by atoms with Crippen LogP contribution in [0.15, 0.2) is 41.3 Å². The summed E-state index contributed by atoms with van der Waals surface area (Å²) in [6, 6.07) is 14.8. The molecule has 2 aromatic carbocycles. The first-order valence-corrected chi connectivity index (χ1v) is 10.8. The van der Waals surface area contributed by atoms with E-state index in [0.29, 0.717) is 47.9 Å². The summed E-state index contributed by atoms with van der Waals surface area (Å²) in [4.78, 5) is 2.29. The van der Waals surface area contributed by atoms with Crippen LogP contribution in [0.25, 0.3) is 0 Å². The molecule has 1 saturated heterocycles. The van der Waals surface area contributed by atoms with Crippen molar-refractivity contribution in [2.24, 2.45) is 0 Å². The first-order valence-electron chi connectivity index (χ1n) is 9.34. The number of aryl methyl sites for hydroxylation is 2. The number of hydrogen-bond donors (Lipinski definition) is 0. The molecule has 2 aromatic rings. The maximum Gasteiger partial charge on any atom is 0.243 e. The number of sulfonamides is 1. The SMILES string of the molecule is N#Cc1cccc(C#N)c1N1CCN(S(=O)(=O)c2ccc3c(c2)CCC3)CC1. The van der Waals surface area contributed by atoms with Crippen molar-refractivity contribution < 1.29 is 8.42 Å². The normalized spacial score (nSPS) is 17.0. The van der Waals surface area contributed by atoms with Gasteiger partial charge in [0.2, 0.25) is 10.0 Å². The Bertz CT molecular complexity index is 1070. The molecule has 28 heavy (non-hydrogen) atoms. The van der Waals surface area contributed by atoms with E-state index in [1.54, 1.807) is 24.3 Å². The van der Waals surface area contributed by atoms with Gasteiger partial charge in [-0.05, 0) is 54.7 Å². The summed E-state index contributed by atoms with van der Waals surface area (Å²) in [5, 5.41) is 18.8. The molecule has 142 valence electrons. The third-order valence-electron chi connectivity index (χ3n) is 5.54. The monoisotopic (exact) mass is 392 g/mol. The number of benzene rings is 2. The fourth-order valence-electron chi connectivity index (χ4n) is 4.07. The Hall–Kier alpha value is -2.87. The van der Waals surface area contributed by atoms with Crippen LogP contribution >= 0.6 is 0 Å². The molecule has 1 heterocycles. The average molecular weight is 392 g/mol. The molecule has 0 amide bonds. The molecule has 6 nitrogen and oxygen atoms in total. The highest BCUT2D eigenvalue weighted by atomic mass is 32.2. The Balaban J connectivity index is 1.55. The van der Waals surface area contributed by atoms with E-state index >= 15 is 0 Å². The highest BCUT2D eigenvalue weighted by molar-refractivity contribution is 7.89. The van der Waals surface area contributed by atoms with Crippen molar-refractivity contribution >= 4 is 15.7 Å². The zero-order valence-electron chi connectivity index (χ0n) is 15.4. The number of nitrogens with zero attached hydrogens (tertiary/aromatic N) is 4. The molecule has 1 aliphatic carbocycles. The molecule has 0 bridgehead atoms. The summed E-state index contributed by atoms with van der Waals surface area (Å²) >= 11 is 0. The fraction of sp³-hybridized carbons (Fsp3) is 0.333. The molecule has 0 spiro atoms. The van der Waals surface area contributed by atoms with Gasteiger partial charge in [0.25, 0.3) is 0 Å². The summed E-state index contributed by atoms with van der Waals surface area (Å²) in [5.74, 6) is 0. The molecule has 1 aliphatic heterocycles. The summed E-state index contributed by atoms with van der Waals surface area (Å²) in [7, 11) is -3.54. The van der Waals surface area contributed by atoms with Crippen molar-refractivity contribution in [3.63, 3.8) is 0 Å². The second kappa shape index (κ2) is 7.27. The Labute approximate surface area is 165 Å². The van der Waals surface area contributed by atoms with Crippen LogP contribution in [0.4, 0.5) is 5.69 Å². The van der Waals surface area contributed by atoms with E-state index in [0.717, 1.165) is 24.8 Å². The first-order chi connectivity index (χ1) is 13.5.